The van der Waals surface area contributed by atoms with Crippen molar-refractivity contribution in [3.05, 3.63) is 41.7 Å². The second-order valence-electron chi connectivity index (χ2n) is 4.52. The van der Waals surface area contributed by atoms with E-state index in [0.717, 1.165) is 24.7 Å². The molecule has 0 aliphatic carbocycles. The molecule has 0 radical (unpaired) electrons. The number of halogens is 6. The third kappa shape index (κ3) is 3.97. The molecule has 0 aliphatic rings. The highest BCUT2D eigenvalue weighted by molar-refractivity contribution is 5.62. The third-order valence-corrected chi connectivity index (χ3v) is 2.85. The number of nitrogens with zero attached hydrogens (tertiary/aromatic N) is 3. The zero-order chi connectivity index (χ0) is 18.0. The van der Waals surface area contributed by atoms with E-state index >= 15 is 0 Å². The molecule has 0 bridgehead atoms. The highest BCUT2D eigenvalue weighted by atomic mass is 19.4. The van der Waals surface area contributed by atoms with Gasteiger partial charge in [-0.25, -0.2) is 9.97 Å². The monoisotopic (exact) mass is 350 g/mol. The highest BCUT2D eigenvalue weighted by Crippen LogP contribution is 2.32. The number of nitrogens with one attached hydrogen (secondary N) is 1. The highest BCUT2D eigenvalue weighted by Gasteiger charge is 2.36. The lowest BCUT2D eigenvalue weighted by Crippen LogP contribution is -2.18. The minimum atomic E-state index is -4.74. The Balaban J connectivity index is 2.42. The van der Waals surface area contributed by atoms with Gasteiger partial charge >= 0.3 is 12.4 Å². The molecule has 2 heterocycles. The molecule has 0 unspecified atom stereocenters. The lowest BCUT2D eigenvalue weighted by atomic mass is 10.1. The lowest BCUT2D eigenvalue weighted by Gasteiger charge is -2.13. The van der Waals surface area contributed by atoms with Crippen LogP contribution in [-0.4, -0.2) is 21.4 Å². The largest absolute Gasteiger partial charge is 0.451 e. The van der Waals surface area contributed by atoms with Gasteiger partial charge in [0.15, 0.2) is 0 Å². The second-order valence-corrected chi connectivity index (χ2v) is 4.52. The summed E-state index contributed by atoms with van der Waals surface area (Å²) >= 11 is 0. The number of pyridine rings is 1. The molecule has 1 amide bonds. The number of amides is 1. The van der Waals surface area contributed by atoms with E-state index in [0.29, 0.717) is 0 Å². The van der Waals surface area contributed by atoms with Crippen LogP contribution in [0.1, 0.15) is 17.1 Å². The summed E-state index contributed by atoms with van der Waals surface area (Å²) in [5, 5.41) is 2.08. The van der Waals surface area contributed by atoms with E-state index in [-0.39, 0.29) is 23.1 Å². The summed E-state index contributed by atoms with van der Waals surface area (Å²) in [6, 6.07) is 1.05. The maximum Gasteiger partial charge on any atom is 0.451 e. The fourth-order valence-corrected chi connectivity index (χ4v) is 1.83. The van der Waals surface area contributed by atoms with E-state index in [9.17, 15) is 31.1 Å². The van der Waals surface area contributed by atoms with Crippen LogP contribution in [0.2, 0.25) is 0 Å². The summed E-state index contributed by atoms with van der Waals surface area (Å²) in [6.07, 6.45) is -6.74. The number of hydrogen-bond donors (Lipinski definition) is 1. The van der Waals surface area contributed by atoms with Gasteiger partial charge in [-0.05, 0) is 6.07 Å². The topological polar surface area (TPSA) is 67.8 Å². The quantitative estimate of drug-likeness (QED) is 0.680. The van der Waals surface area contributed by atoms with Gasteiger partial charge in [-0.2, -0.15) is 26.3 Å². The molecule has 2 aromatic heterocycles. The smallest absolute Gasteiger partial charge is 0.355 e. The molecule has 2 aromatic rings. The second kappa shape index (κ2) is 6.42. The van der Waals surface area contributed by atoms with Gasteiger partial charge in [-0.3, -0.25) is 9.78 Å². The lowest BCUT2D eigenvalue weighted by molar-refractivity contribution is -0.145. The van der Waals surface area contributed by atoms with E-state index in [2.05, 4.69) is 20.3 Å². The van der Waals surface area contributed by atoms with Crippen LogP contribution in [-0.2, 0) is 23.7 Å². The Morgan fingerprint density at radius 2 is 1.50 bits per heavy atom. The Morgan fingerprint density at radius 1 is 0.917 bits per heavy atom. The molecule has 0 aliphatic heterocycles. The van der Waals surface area contributed by atoms with Crippen molar-refractivity contribution in [1.82, 2.24) is 20.3 Å². The average molecular weight is 350 g/mol. The molecule has 0 fully saturated rings. The van der Waals surface area contributed by atoms with Crippen molar-refractivity contribution >= 4 is 6.41 Å². The molecule has 0 atom stereocenters. The number of carbonyl (C=O) groups is 1. The van der Waals surface area contributed by atoms with Gasteiger partial charge in [-0.15, -0.1) is 0 Å². The van der Waals surface area contributed by atoms with Crippen LogP contribution in [0.5, 0.6) is 0 Å². The van der Waals surface area contributed by atoms with Crippen molar-refractivity contribution in [1.29, 1.82) is 0 Å². The molecule has 0 spiro atoms. The minimum Gasteiger partial charge on any atom is -0.355 e. The van der Waals surface area contributed by atoms with Gasteiger partial charge in [0.2, 0.25) is 12.2 Å². The summed E-state index contributed by atoms with van der Waals surface area (Å²) in [7, 11) is 0. The van der Waals surface area contributed by atoms with E-state index < -0.39 is 30.4 Å². The van der Waals surface area contributed by atoms with E-state index in [1.165, 1.54) is 0 Å². The van der Waals surface area contributed by atoms with Crippen molar-refractivity contribution in [2.75, 3.05) is 0 Å². The van der Waals surface area contributed by atoms with Crippen LogP contribution in [0.15, 0.2) is 24.7 Å². The normalized spacial score (nSPS) is 12.1. The molecule has 128 valence electrons. The van der Waals surface area contributed by atoms with Gasteiger partial charge in [0, 0.05) is 41.8 Å². The summed E-state index contributed by atoms with van der Waals surface area (Å²) < 4.78 is 75.8. The molecule has 24 heavy (non-hydrogen) atoms. The number of carbonyl (C=O) groups excluding carboxylic acids is 1. The molecular formula is C13H8F6N4O. The zero-order valence-electron chi connectivity index (χ0n) is 11.6. The van der Waals surface area contributed by atoms with Crippen molar-refractivity contribution in [2.45, 2.75) is 18.9 Å². The number of hydrogen-bond acceptors (Lipinski definition) is 4. The summed E-state index contributed by atoms with van der Waals surface area (Å²) in [5.41, 5.74) is -1.41. The Bertz CT molecular complexity index is 727. The SMILES string of the molecule is O=CNCc1cc(-c2cnc(C(F)(F)F)nc2)cnc1C(F)(F)F. The third-order valence-electron chi connectivity index (χ3n) is 2.85. The van der Waals surface area contributed by atoms with Crippen LogP contribution in [0.4, 0.5) is 26.3 Å². The Hall–Kier alpha value is -2.72. The fraction of sp³-hybridized carbons (Fsp3) is 0.231. The van der Waals surface area contributed by atoms with Crippen LogP contribution in [0, 0.1) is 0 Å². The molecule has 5 nitrogen and oxygen atoms in total. The Kier molecular flexibility index (Phi) is 4.71. The van der Waals surface area contributed by atoms with Gasteiger partial charge in [0.1, 0.15) is 5.69 Å². The maximum atomic E-state index is 12.9. The van der Waals surface area contributed by atoms with Crippen molar-refractivity contribution in [3.63, 3.8) is 0 Å². The molecule has 0 saturated heterocycles. The first-order valence-corrected chi connectivity index (χ1v) is 6.25. The first-order chi connectivity index (χ1) is 11.1. The summed E-state index contributed by atoms with van der Waals surface area (Å²) in [5.74, 6) is -1.37. The van der Waals surface area contributed by atoms with Gasteiger partial charge in [-0.1, -0.05) is 0 Å². The fourth-order valence-electron chi connectivity index (χ4n) is 1.83. The van der Waals surface area contributed by atoms with E-state index in [4.69, 9.17) is 0 Å². The van der Waals surface area contributed by atoms with Crippen molar-refractivity contribution in [2.24, 2.45) is 0 Å². The summed E-state index contributed by atoms with van der Waals surface area (Å²) in [4.78, 5) is 19.8. The molecule has 11 heteroatoms. The summed E-state index contributed by atoms with van der Waals surface area (Å²) in [6.45, 7) is -0.444. The molecule has 2 rings (SSSR count). The van der Waals surface area contributed by atoms with Crippen LogP contribution >= 0.6 is 0 Å². The molecular weight excluding hydrogens is 342 g/mol. The predicted octanol–water partition coefficient (Wildman–Crippen LogP) is 2.82. The van der Waals surface area contributed by atoms with E-state index in [1.54, 1.807) is 0 Å². The van der Waals surface area contributed by atoms with Gasteiger partial charge < -0.3 is 5.32 Å². The van der Waals surface area contributed by atoms with E-state index in [1.807, 2.05) is 0 Å². The standard InChI is InChI=1S/C13H8F6N4O/c14-12(15,16)10-8(2-20-6-24)1-7(3-21-10)9-4-22-11(23-5-9)13(17,18)19/h1,3-6H,2H2,(H,20,24). The first-order valence-electron chi connectivity index (χ1n) is 6.25. The Morgan fingerprint density at radius 3 is 2.00 bits per heavy atom. The van der Waals surface area contributed by atoms with Crippen molar-refractivity contribution in [3.8, 4) is 11.1 Å². The number of alkyl halides is 6. The zero-order valence-corrected chi connectivity index (χ0v) is 11.6. The van der Waals surface area contributed by atoms with Crippen LogP contribution in [0.25, 0.3) is 11.1 Å². The molecule has 0 aromatic carbocycles. The van der Waals surface area contributed by atoms with Gasteiger partial charge in [0.25, 0.3) is 0 Å². The molecule has 0 saturated carbocycles. The van der Waals surface area contributed by atoms with Crippen LogP contribution < -0.4 is 5.32 Å². The predicted molar refractivity (Wildman–Crippen MR) is 68.2 cm³/mol. The van der Waals surface area contributed by atoms with Crippen molar-refractivity contribution < 1.29 is 31.1 Å². The van der Waals surface area contributed by atoms with Crippen LogP contribution in [0.3, 0.4) is 0 Å². The minimum absolute atomic E-state index is 0.0524. The maximum absolute atomic E-state index is 12.9. The van der Waals surface area contributed by atoms with Gasteiger partial charge in [0.05, 0.1) is 0 Å². The Labute approximate surface area is 130 Å². The number of aromatic nitrogens is 3. The first kappa shape index (κ1) is 17.6. The number of rotatable bonds is 4. The molecule has 1 N–H and O–H groups in total. The average Bonchev–Trinajstić information content (AvgIpc) is 2.51.